The zero-order valence-corrected chi connectivity index (χ0v) is 9.38. The van der Waals surface area contributed by atoms with Crippen LogP contribution < -0.4 is 5.32 Å². The second kappa shape index (κ2) is 5.14. The Balaban J connectivity index is 0.000000195. The van der Waals surface area contributed by atoms with Crippen molar-refractivity contribution in [3.63, 3.8) is 0 Å². The quantitative estimate of drug-likeness (QED) is 0.677. The summed E-state index contributed by atoms with van der Waals surface area (Å²) in [6, 6.07) is 8.53. The van der Waals surface area contributed by atoms with E-state index in [-0.39, 0.29) is 0 Å². The molecule has 0 spiro atoms. The molecule has 1 N–H and O–H groups in total. The Kier molecular flexibility index (Phi) is 4.11. The Morgan fingerprint density at radius 3 is 2.53 bits per heavy atom. The minimum absolute atomic E-state index is 0.604. The standard InChI is InChI=1S/C9H11N.CH4O3S/c1-2-6-9-8(4-1)5-3-7-10-9;1-5(2,3)4/h1-2,4,6,10H,3,5,7H2;1H3,(H,2,3,4)/p-1. The SMILES string of the molecule is CS(=O)(=O)[O-].c1ccc2c(c1)CCCN2. The van der Waals surface area contributed by atoms with Crippen LogP contribution in [0.25, 0.3) is 0 Å². The zero-order valence-electron chi connectivity index (χ0n) is 8.56. The number of hydrogen-bond acceptors (Lipinski definition) is 4. The van der Waals surface area contributed by atoms with Gasteiger partial charge in [0.1, 0.15) is 0 Å². The summed E-state index contributed by atoms with van der Waals surface area (Å²) >= 11 is 0. The molecule has 0 fully saturated rings. The van der Waals surface area contributed by atoms with Crippen LogP contribution in [0.3, 0.4) is 0 Å². The lowest BCUT2D eigenvalue weighted by molar-refractivity contribution is 0.470. The minimum atomic E-state index is -3.92. The number of anilines is 1. The Morgan fingerprint density at radius 2 is 1.93 bits per heavy atom. The van der Waals surface area contributed by atoms with E-state index >= 15 is 0 Å². The summed E-state index contributed by atoms with van der Waals surface area (Å²) in [5.41, 5.74) is 2.79. The van der Waals surface area contributed by atoms with Crippen LogP contribution in [-0.2, 0) is 16.5 Å². The maximum atomic E-state index is 9.08. The molecule has 84 valence electrons. The van der Waals surface area contributed by atoms with Crippen LogP contribution in [-0.4, -0.2) is 25.8 Å². The van der Waals surface area contributed by atoms with Crippen molar-refractivity contribution in [1.82, 2.24) is 0 Å². The highest BCUT2D eigenvalue weighted by atomic mass is 32.2. The molecule has 1 aliphatic rings. The third-order valence-electron chi connectivity index (χ3n) is 1.96. The summed E-state index contributed by atoms with van der Waals surface area (Å²) in [6.45, 7) is 1.14. The predicted molar refractivity (Wildman–Crippen MR) is 58.9 cm³/mol. The van der Waals surface area contributed by atoms with Gasteiger partial charge in [0.05, 0.1) is 10.1 Å². The van der Waals surface area contributed by atoms with Crippen LogP contribution >= 0.6 is 0 Å². The Hall–Kier alpha value is -1.07. The van der Waals surface area contributed by atoms with Gasteiger partial charge in [-0.2, -0.15) is 0 Å². The molecule has 15 heavy (non-hydrogen) atoms. The first kappa shape index (κ1) is 12.0. The van der Waals surface area contributed by atoms with Gasteiger partial charge in [-0.3, -0.25) is 0 Å². The molecule has 1 heterocycles. The van der Waals surface area contributed by atoms with Gasteiger partial charge in [0.15, 0.2) is 0 Å². The highest BCUT2D eigenvalue weighted by Gasteiger charge is 2.04. The Labute approximate surface area is 90.1 Å². The van der Waals surface area contributed by atoms with Crippen LogP contribution in [0.15, 0.2) is 24.3 Å². The normalized spacial score (nSPS) is 14.3. The van der Waals surface area contributed by atoms with Gasteiger partial charge in [0, 0.05) is 18.5 Å². The van der Waals surface area contributed by atoms with Gasteiger partial charge in [-0.05, 0) is 24.5 Å². The van der Waals surface area contributed by atoms with Crippen molar-refractivity contribution in [2.24, 2.45) is 0 Å². The smallest absolute Gasteiger partial charge is 0.0916 e. The van der Waals surface area contributed by atoms with E-state index in [1.54, 1.807) is 0 Å². The molecule has 0 bridgehead atoms. The highest BCUT2D eigenvalue weighted by Crippen LogP contribution is 2.19. The van der Waals surface area contributed by atoms with Gasteiger partial charge < -0.3 is 9.87 Å². The molecule has 2 rings (SSSR count). The van der Waals surface area contributed by atoms with E-state index in [1.807, 2.05) is 0 Å². The van der Waals surface area contributed by atoms with Crippen molar-refractivity contribution >= 4 is 15.8 Å². The molecule has 1 aromatic rings. The third-order valence-corrected chi connectivity index (χ3v) is 1.96. The van der Waals surface area contributed by atoms with Crippen molar-refractivity contribution in [1.29, 1.82) is 0 Å². The van der Waals surface area contributed by atoms with Gasteiger partial charge in [-0.25, -0.2) is 8.42 Å². The molecule has 1 aliphatic heterocycles. The molecule has 0 amide bonds. The van der Waals surface area contributed by atoms with Crippen LogP contribution in [0.4, 0.5) is 5.69 Å². The monoisotopic (exact) mass is 228 g/mol. The average molecular weight is 228 g/mol. The van der Waals surface area contributed by atoms with Gasteiger partial charge in [0.2, 0.25) is 0 Å². The largest absolute Gasteiger partial charge is 0.748 e. The first-order valence-corrected chi connectivity index (χ1v) is 6.51. The molecular weight excluding hydrogens is 214 g/mol. The first-order chi connectivity index (χ1) is 6.97. The van der Waals surface area contributed by atoms with Gasteiger partial charge in [-0.15, -0.1) is 0 Å². The summed E-state index contributed by atoms with van der Waals surface area (Å²) in [7, 11) is -3.92. The summed E-state index contributed by atoms with van der Waals surface area (Å²) in [6.07, 6.45) is 3.12. The van der Waals surface area contributed by atoms with E-state index in [1.165, 1.54) is 24.1 Å². The van der Waals surface area contributed by atoms with Gasteiger partial charge in [-0.1, -0.05) is 18.2 Å². The summed E-state index contributed by atoms with van der Waals surface area (Å²) in [4.78, 5) is 0. The van der Waals surface area contributed by atoms with Crippen molar-refractivity contribution in [3.8, 4) is 0 Å². The number of benzene rings is 1. The lowest BCUT2D eigenvalue weighted by atomic mass is 10.0. The molecule has 0 aromatic heterocycles. The molecule has 0 unspecified atom stereocenters. The number of aryl methyl sites for hydroxylation is 1. The van der Waals surface area contributed by atoms with E-state index in [0.717, 1.165) is 6.54 Å². The minimum Gasteiger partial charge on any atom is -0.748 e. The lowest BCUT2D eigenvalue weighted by Crippen LogP contribution is -2.10. The highest BCUT2D eigenvalue weighted by molar-refractivity contribution is 7.84. The molecule has 0 atom stereocenters. The molecule has 0 radical (unpaired) electrons. The predicted octanol–water partition coefficient (Wildman–Crippen LogP) is 1.21. The molecule has 0 saturated heterocycles. The maximum Gasteiger partial charge on any atom is 0.0916 e. The molecule has 0 aliphatic carbocycles. The van der Waals surface area contributed by atoms with E-state index in [9.17, 15) is 0 Å². The first-order valence-electron chi connectivity index (χ1n) is 4.69. The zero-order chi connectivity index (χ0) is 11.3. The summed E-state index contributed by atoms with van der Waals surface area (Å²) in [5.74, 6) is 0. The number of rotatable bonds is 0. The maximum absolute atomic E-state index is 9.08. The van der Waals surface area contributed by atoms with Crippen molar-refractivity contribution in [3.05, 3.63) is 29.8 Å². The van der Waals surface area contributed by atoms with Crippen molar-refractivity contribution < 1.29 is 13.0 Å². The van der Waals surface area contributed by atoms with Crippen molar-refractivity contribution in [2.75, 3.05) is 18.1 Å². The number of fused-ring (bicyclic) bond motifs is 1. The van der Waals surface area contributed by atoms with E-state index < -0.39 is 10.1 Å². The van der Waals surface area contributed by atoms with E-state index in [2.05, 4.69) is 29.6 Å². The number of hydrogen-bond donors (Lipinski definition) is 1. The Bertz CT molecular complexity index is 381. The third kappa shape index (κ3) is 5.39. The van der Waals surface area contributed by atoms with Crippen LogP contribution in [0.1, 0.15) is 12.0 Å². The summed E-state index contributed by atoms with van der Waals surface area (Å²) < 4.78 is 27.2. The van der Waals surface area contributed by atoms with E-state index in [0.29, 0.717) is 6.26 Å². The second-order valence-electron chi connectivity index (χ2n) is 3.39. The summed E-state index contributed by atoms with van der Waals surface area (Å²) in [5, 5.41) is 3.36. The van der Waals surface area contributed by atoms with E-state index in [4.69, 9.17) is 13.0 Å². The fourth-order valence-electron chi connectivity index (χ4n) is 1.41. The lowest BCUT2D eigenvalue weighted by Gasteiger charge is -2.16. The fourth-order valence-corrected chi connectivity index (χ4v) is 1.41. The molecule has 1 aromatic carbocycles. The van der Waals surface area contributed by atoms with Crippen LogP contribution in [0, 0.1) is 0 Å². The van der Waals surface area contributed by atoms with Crippen LogP contribution in [0.5, 0.6) is 0 Å². The molecule has 4 nitrogen and oxygen atoms in total. The Morgan fingerprint density at radius 1 is 1.33 bits per heavy atom. The van der Waals surface area contributed by atoms with Crippen molar-refractivity contribution in [2.45, 2.75) is 12.8 Å². The second-order valence-corrected chi connectivity index (χ2v) is 4.80. The number of nitrogens with one attached hydrogen (secondary N) is 1. The van der Waals surface area contributed by atoms with Crippen LogP contribution in [0.2, 0.25) is 0 Å². The topological polar surface area (TPSA) is 69.2 Å². The van der Waals surface area contributed by atoms with Gasteiger partial charge >= 0.3 is 0 Å². The average Bonchev–Trinajstić information content (AvgIpc) is 2.16. The molecular formula is C10H14NO3S-. The van der Waals surface area contributed by atoms with Gasteiger partial charge in [0.25, 0.3) is 0 Å². The number of para-hydroxylation sites is 1. The molecule has 0 saturated carbocycles. The molecule has 5 heteroatoms. The fraction of sp³-hybridized carbons (Fsp3) is 0.400.